The summed E-state index contributed by atoms with van der Waals surface area (Å²) in [6.07, 6.45) is 0.245. The zero-order valence-corrected chi connectivity index (χ0v) is 22.0. The molecule has 6 nitrogen and oxygen atoms in total. The average Bonchev–Trinajstić information content (AvgIpc) is 2.62. The second-order valence-electron chi connectivity index (χ2n) is 10.3. The van der Waals surface area contributed by atoms with E-state index < -0.39 is 29.3 Å². The van der Waals surface area contributed by atoms with Crippen molar-refractivity contribution in [2.24, 2.45) is 0 Å². The molecule has 0 aliphatic carbocycles. The quantitative estimate of drug-likeness (QED) is 0.211. The number of hydrogen-bond acceptors (Lipinski definition) is 5. The number of ether oxygens (including phenoxy) is 3. The van der Waals surface area contributed by atoms with E-state index in [4.69, 9.17) is 14.2 Å². The summed E-state index contributed by atoms with van der Waals surface area (Å²) in [5.74, 6) is -0.233. The summed E-state index contributed by atoms with van der Waals surface area (Å²) >= 11 is 0. The molecule has 0 amide bonds. The van der Waals surface area contributed by atoms with Crippen LogP contribution in [0.2, 0.25) is 25.7 Å². The zero-order valence-electron chi connectivity index (χ0n) is 20.2. The molecule has 8 heteroatoms. The SMILES string of the molecule is CCOC(=O)Cc1ccc(C2(N(COCC[Si](C)(C)C)S(=O)C(C)(C)C)COC2)cc1. The predicted octanol–water partition coefficient (Wildman–Crippen LogP) is 4.09. The van der Waals surface area contributed by atoms with E-state index >= 15 is 0 Å². The summed E-state index contributed by atoms with van der Waals surface area (Å²) in [5.41, 5.74) is 1.42. The van der Waals surface area contributed by atoms with E-state index in [9.17, 15) is 9.00 Å². The first kappa shape index (κ1) is 26.2. The lowest BCUT2D eigenvalue weighted by Gasteiger charge is -2.50. The Bertz CT molecular complexity index is 751. The van der Waals surface area contributed by atoms with Gasteiger partial charge in [-0.05, 0) is 44.9 Å². The van der Waals surface area contributed by atoms with Crippen LogP contribution in [0, 0.1) is 0 Å². The first-order valence-corrected chi connectivity index (χ1v) is 15.8. The highest BCUT2D eigenvalue weighted by Crippen LogP contribution is 2.39. The van der Waals surface area contributed by atoms with Crippen LogP contribution >= 0.6 is 0 Å². The van der Waals surface area contributed by atoms with Crippen molar-refractivity contribution in [3.05, 3.63) is 35.4 Å². The van der Waals surface area contributed by atoms with Crippen LogP contribution in [-0.4, -0.2) is 60.5 Å². The van der Waals surface area contributed by atoms with Gasteiger partial charge in [-0.25, -0.2) is 4.21 Å². The van der Waals surface area contributed by atoms with Crippen LogP contribution in [0.3, 0.4) is 0 Å². The molecule has 1 atom stereocenters. The van der Waals surface area contributed by atoms with Gasteiger partial charge in [-0.1, -0.05) is 43.9 Å². The van der Waals surface area contributed by atoms with E-state index in [1.54, 1.807) is 6.92 Å². The van der Waals surface area contributed by atoms with Gasteiger partial charge in [-0.2, -0.15) is 4.31 Å². The Labute approximate surface area is 191 Å². The van der Waals surface area contributed by atoms with Crippen molar-refractivity contribution in [3.8, 4) is 0 Å². The Hall–Kier alpha value is -1.06. The van der Waals surface area contributed by atoms with Crippen molar-refractivity contribution in [3.63, 3.8) is 0 Å². The summed E-state index contributed by atoms with van der Waals surface area (Å²) in [5, 5.41) is 0. The number of hydrogen-bond donors (Lipinski definition) is 0. The molecule has 0 radical (unpaired) electrons. The minimum atomic E-state index is -1.27. The lowest BCUT2D eigenvalue weighted by atomic mass is 9.87. The molecule has 31 heavy (non-hydrogen) atoms. The first-order valence-electron chi connectivity index (χ1n) is 11.0. The summed E-state index contributed by atoms with van der Waals surface area (Å²) in [6, 6.07) is 8.96. The maximum Gasteiger partial charge on any atom is 0.310 e. The van der Waals surface area contributed by atoms with Crippen molar-refractivity contribution in [1.82, 2.24) is 4.31 Å². The van der Waals surface area contributed by atoms with E-state index in [0.717, 1.165) is 17.2 Å². The van der Waals surface area contributed by atoms with Crippen molar-refractivity contribution >= 4 is 25.0 Å². The van der Waals surface area contributed by atoms with Crippen LogP contribution in [0.1, 0.15) is 38.8 Å². The molecule has 1 heterocycles. The Morgan fingerprint density at radius 1 is 1.19 bits per heavy atom. The normalized spacial score (nSPS) is 17.3. The molecule has 2 rings (SSSR count). The van der Waals surface area contributed by atoms with Crippen molar-refractivity contribution < 1.29 is 23.2 Å². The Morgan fingerprint density at radius 3 is 2.26 bits per heavy atom. The van der Waals surface area contributed by atoms with Crippen molar-refractivity contribution in [1.29, 1.82) is 0 Å². The summed E-state index contributed by atoms with van der Waals surface area (Å²) in [4.78, 5) is 11.8. The van der Waals surface area contributed by atoms with Gasteiger partial charge in [-0.15, -0.1) is 0 Å². The standard InChI is InChI=1S/C23H39NO5SSi/c1-8-29-21(25)15-19-9-11-20(12-10-19)23(16-28-17-23)24(30(26)22(2,3)4)18-27-13-14-31(5,6)7/h9-12H,8,13-18H2,1-7H3. The molecule has 1 unspecified atom stereocenters. The fraction of sp³-hybridized carbons (Fsp3) is 0.696. The third-order valence-corrected chi connectivity index (χ3v) is 8.84. The van der Waals surface area contributed by atoms with Crippen LogP contribution in [0.5, 0.6) is 0 Å². The van der Waals surface area contributed by atoms with Crippen LogP contribution in [0.25, 0.3) is 0 Å². The summed E-state index contributed by atoms with van der Waals surface area (Å²) in [6.45, 7) is 17.0. The number of rotatable bonds is 11. The van der Waals surface area contributed by atoms with E-state index in [2.05, 4.69) is 19.6 Å². The molecule has 1 fully saturated rings. The lowest BCUT2D eigenvalue weighted by molar-refractivity contribution is -0.142. The largest absolute Gasteiger partial charge is 0.466 e. The molecule has 1 saturated heterocycles. The molecule has 1 aliphatic heterocycles. The van der Waals surface area contributed by atoms with Gasteiger partial charge < -0.3 is 14.2 Å². The molecule has 0 spiro atoms. The van der Waals surface area contributed by atoms with Crippen LogP contribution in [0.15, 0.2) is 24.3 Å². The Balaban J connectivity index is 2.22. The van der Waals surface area contributed by atoms with Gasteiger partial charge in [0.15, 0.2) is 0 Å². The number of carbonyl (C=O) groups excluding carboxylic acids is 1. The fourth-order valence-corrected chi connectivity index (χ4v) is 5.36. The summed E-state index contributed by atoms with van der Waals surface area (Å²) in [7, 11) is -2.47. The van der Waals surface area contributed by atoms with Crippen molar-refractivity contribution in [2.75, 3.05) is 33.2 Å². The minimum Gasteiger partial charge on any atom is -0.466 e. The smallest absolute Gasteiger partial charge is 0.310 e. The molecular formula is C23H39NO5SSi. The van der Waals surface area contributed by atoms with Crippen LogP contribution in [-0.2, 0) is 42.0 Å². The number of esters is 1. The highest BCUT2D eigenvalue weighted by atomic mass is 32.2. The third-order valence-electron chi connectivity index (χ3n) is 5.23. The van der Waals surface area contributed by atoms with Crippen LogP contribution in [0.4, 0.5) is 0 Å². The molecular weight excluding hydrogens is 430 g/mol. The van der Waals surface area contributed by atoms with E-state index in [0.29, 0.717) is 33.2 Å². The molecule has 1 aliphatic rings. The van der Waals surface area contributed by atoms with Gasteiger partial charge in [0.2, 0.25) is 0 Å². The molecule has 1 aromatic carbocycles. The number of benzene rings is 1. The van der Waals surface area contributed by atoms with Gasteiger partial charge in [0.1, 0.15) is 23.3 Å². The molecule has 176 valence electrons. The van der Waals surface area contributed by atoms with Gasteiger partial charge >= 0.3 is 5.97 Å². The number of carbonyl (C=O) groups is 1. The van der Waals surface area contributed by atoms with Gasteiger partial charge in [0.25, 0.3) is 0 Å². The second-order valence-corrected chi connectivity index (χ2v) is 18.1. The van der Waals surface area contributed by atoms with E-state index in [1.165, 1.54) is 0 Å². The minimum absolute atomic E-state index is 0.233. The van der Waals surface area contributed by atoms with Gasteiger partial charge in [0.05, 0.1) is 31.0 Å². The third kappa shape index (κ3) is 7.22. The van der Waals surface area contributed by atoms with Gasteiger partial charge in [0, 0.05) is 14.7 Å². The summed E-state index contributed by atoms with van der Waals surface area (Å²) < 4.78 is 31.8. The average molecular weight is 470 g/mol. The van der Waals surface area contributed by atoms with Crippen molar-refractivity contribution in [2.45, 2.75) is 70.1 Å². The molecule has 0 aromatic heterocycles. The highest BCUT2D eigenvalue weighted by molar-refractivity contribution is 7.84. The topological polar surface area (TPSA) is 65.1 Å². The molecule has 0 bridgehead atoms. The maximum absolute atomic E-state index is 13.5. The Kier molecular flexibility index (Phi) is 9.04. The van der Waals surface area contributed by atoms with Crippen LogP contribution < -0.4 is 0 Å². The Morgan fingerprint density at radius 2 is 1.81 bits per heavy atom. The molecule has 0 N–H and O–H groups in total. The molecule has 1 aromatic rings. The van der Waals surface area contributed by atoms with E-state index in [-0.39, 0.29) is 12.4 Å². The first-order chi connectivity index (χ1) is 14.4. The lowest BCUT2D eigenvalue weighted by Crippen LogP contribution is -2.62. The highest BCUT2D eigenvalue weighted by Gasteiger charge is 2.50. The monoisotopic (exact) mass is 469 g/mol. The molecule has 0 saturated carbocycles. The number of nitrogens with zero attached hydrogens (tertiary/aromatic N) is 1. The maximum atomic E-state index is 13.5. The predicted molar refractivity (Wildman–Crippen MR) is 128 cm³/mol. The van der Waals surface area contributed by atoms with Gasteiger partial charge in [-0.3, -0.25) is 4.79 Å². The van der Waals surface area contributed by atoms with E-state index in [1.807, 2.05) is 49.3 Å². The zero-order chi connectivity index (χ0) is 23.3. The second kappa shape index (κ2) is 10.7. The fourth-order valence-electron chi connectivity index (χ4n) is 3.25.